The van der Waals surface area contributed by atoms with Crippen molar-refractivity contribution < 1.29 is 9.21 Å². The first-order valence-corrected chi connectivity index (χ1v) is 6.08. The summed E-state index contributed by atoms with van der Waals surface area (Å²) in [7, 11) is 1.57. The third kappa shape index (κ3) is 2.09. The number of urea groups is 1. The molecule has 0 bridgehead atoms. The smallest absolute Gasteiger partial charge is 0.318 e. The van der Waals surface area contributed by atoms with Gasteiger partial charge in [0.2, 0.25) is 11.6 Å². The number of carbonyl (C=O) groups is 1. The van der Waals surface area contributed by atoms with E-state index in [1.807, 2.05) is 19.1 Å². The number of nitrogens with zero attached hydrogens (tertiary/aromatic N) is 3. The lowest BCUT2D eigenvalue weighted by atomic mass is 10.2. The summed E-state index contributed by atoms with van der Waals surface area (Å²) in [6, 6.07) is 6.98. The quantitative estimate of drug-likeness (QED) is 0.747. The molecule has 0 saturated carbocycles. The van der Waals surface area contributed by atoms with Crippen molar-refractivity contribution in [3.63, 3.8) is 0 Å². The lowest BCUT2D eigenvalue weighted by Crippen LogP contribution is -2.24. The van der Waals surface area contributed by atoms with Crippen molar-refractivity contribution in [1.29, 1.82) is 0 Å². The predicted octanol–water partition coefficient (Wildman–Crippen LogP) is 2.05. The van der Waals surface area contributed by atoms with Crippen LogP contribution in [0.3, 0.4) is 0 Å². The summed E-state index contributed by atoms with van der Waals surface area (Å²) < 4.78 is 7.25. The van der Waals surface area contributed by atoms with Gasteiger partial charge in [0, 0.05) is 18.3 Å². The molecule has 3 rings (SSSR count). The third-order valence-electron chi connectivity index (χ3n) is 2.89. The summed E-state index contributed by atoms with van der Waals surface area (Å²) in [4.78, 5) is 15.3. The van der Waals surface area contributed by atoms with Crippen LogP contribution in [0.15, 0.2) is 34.9 Å². The predicted molar refractivity (Wildman–Crippen MR) is 73.5 cm³/mol. The molecule has 2 aromatic heterocycles. The summed E-state index contributed by atoms with van der Waals surface area (Å²) in [5.41, 5.74) is 2.13. The van der Waals surface area contributed by atoms with Gasteiger partial charge in [0.25, 0.3) is 0 Å². The van der Waals surface area contributed by atoms with E-state index in [2.05, 4.69) is 20.7 Å². The number of carbonyl (C=O) groups excluding carboxylic acids is 1. The molecule has 7 heteroatoms. The zero-order valence-corrected chi connectivity index (χ0v) is 11.0. The Balaban J connectivity index is 1.88. The Morgan fingerprint density at radius 3 is 2.70 bits per heavy atom. The Morgan fingerprint density at radius 1 is 1.30 bits per heavy atom. The van der Waals surface area contributed by atoms with Crippen LogP contribution in [0.5, 0.6) is 0 Å². The van der Waals surface area contributed by atoms with Crippen molar-refractivity contribution in [2.75, 3.05) is 12.4 Å². The fraction of sp³-hybridized carbons (Fsp3) is 0.154. The highest BCUT2D eigenvalue weighted by Crippen LogP contribution is 2.22. The molecule has 1 aromatic carbocycles. The lowest BCUT2D eigenvalue weighted by Gasteiger charge is -2.04. The van der Waals surface area contributed by atoms with Crippen molar-refractivity contribution >= 4 is 17.4 Å². The third-order valence-corrected chi connectivity index (χ3v) is 2.89. The minimum absolute atomic E-state index is 0.259. The summed E-state index contributed by atoms with van der Waals surface area (Å²) in [5.74, 6) is 1.28. The molecule has 0 radical (unpaired) electrons. The van der Waals surface area contributed by atoms with Crippen LogP contribution in [0.25, 0.3) is 17.2 Å². The Hall–Kier alpha value is -2.83. The van der Waals surface area contributed by atoms with Gasteiger partial charge in [0.1, 0.15) is 5.82 Å². The topological polar surface area (TPSA) is 84.5 Å². The van der Waals surface area contributed by atoms with Gasteiger partial charge in [0.05, 0.1) is 6.20 Å². The second-order valence-corrected chi connectivity index (χ2v) is 4.24. The normalized spacial score (nSPS) is 10.7. The van der Waals surface area contributed by atoms with Gasteiger partial charge in [-0.3, -0.25) is 0 Å². The van der Waals surface area contributed by atoms with Gasteiger partial charge < -0.3 is 15.1 Å². The van der Waals surface area contributed by atoms with E-state index >= 15 is 0 Å². The number of anilines is 1. The fourth-order valence-electron chi connectivity index (χ4n) is 1.83. The maximum absolute atomic E-state index is 11.2. The molecule has 2 amide bonds. The van der Waals surface area contributed by atoms with Gasteiger partial charge in [-0.25, -0.2) is 9.78 Å². The number of rotatable bonds is 2. The molecule has 0 saturated heterocycles. The Bertz CT molecular complexity index is 757. The molecule has 0 atom stereocenters. The largest absolute Gasteiger partial charge is 0.417 e. The molecule has 102 valence electrons. The van der Waals surface area contributed by atoms with Crippen LogP contribution in [-0.2, 0) is 0 Å². The van der Waals surface area contributed by atoms with E-state index in [1.165, 1.54) is 0 Å². The van der Waals surface area contributed by atoms with Crippen molar-refractivity contribution in [3.05, 3.63) is 36.3 Å². The number of benzene rings is 1. The van der Waals surface area contributed by atoms with Gasteiger partial charge in [0.15, 0.2) is 0 Å². The van der Waals surface area contributed by atoms with Crippen LogP contribution in [0.1, 0.15) is 5.82 Å². The summed E-state index contributed by atoms with van der Waals surface area (Å²) in [6.45, 7) is 1.86. The van der Waals surface area contributed by atoms with E-state index < -0.39 is 0 Å². The Morgan fingerprint density at radius 2 is 2.05 bits per heavy atom. The number of nitrogens with one attached hydrogen (secondary N) is 2. The SMILES string of the molecule is CNC(=O)Nc1ccc(-c2nn3c(C)ncc3o2)cc1. The van der Waals surface area contributed by atoms with Gasteiger partial charge in [-0.1, -0.05) is 0 Å². The van der Waals surface area contributed by atoms with E-state index in [4.69, 9.17) is 4.42 Å². The number of amides is 2. The molecule has 20 heavy (non-hydrogen) atoms. The van der Waals surface area contributed by atoms with Crippen molar-refractivity contribution in [2.45, 2.75) is 6.92 Å². The van der Waals surface area contributed by atoms with Crippen molar-refractivity contribution in [1.82, 2.24) is 19.9 Å². The number of hydrogen-bond acceptors (Lipinski definition) is 4. The first-order valence-electron chi connectivity index (χ1n) is 6.08. The van der Waals surface area contributed by atoms with Gasteiger partial charge in [-0.05, 0) is 31.2 Å². The number of fused-ring (bicyclic) bond motifs is 1. The Kier molecular flexibility index (Phi) is 2.86. The van der Waals surface area contributed by atoms with E-state index in [1.54, 1.807) is 29.9 Å². The van der Waals surface area contributed by atoms with E-state index in [-0.39, 0.29) is 6.03 Å². The molecule has 7 nitrogen and oxygen atoms in total. The summed E-state index contributed by atoms with van der Waals surface area (Å²) >= 11 is 0. The number of imidazole rings is 1. The first-order chi connectivity index (χ1) is 9.67. The molecule has 3 aromatic rings. The van der Waals surface area contributed by atoms with Crippen molar-refractivity contribution in [3.8, 4) is 11.5 Å². The first kappa shape index (κ1) is 12.2. The van der Waals surface area contributed by atoms with Gasteiger partial charge in [-0.2, -0.15) is 4.52 Å². The van der Waals surface area contributed by atoms with Crippen LogP contribution >= 0.6 is 0 Å². The summed E-state index contributed by atoms with van der Waals surface area (Å²) in [5, 5.41) is 9.51. The van der Waals surface area contributed by atoms with Crippen LogP contribution in [0.4, 0.5) is 10.5 Å². The second kappa shape index (κ2) is 4.69. The fourth-order valence-corrected chi connectivity index (χ4v) is 1.83. The molecule has 0 fully saturated rings. The van der Waals surface area contributed by atoms with E-state index in [0.717, 1.165) is 11.4 Å². The molecular weight excluding hydrogens is 258 g/mol. The van der Waals surface area contributed by atoms with Gasteiger partial charge in [-0.15, -0.1) is 5.10 Å². The number of aryl methyl sites for hydroxylation is 1. The molecule has 2 heterocycles. The highest BCUT2D eigenvalue weighted by molar-refractivity contribution is 5.89. The molecule has 0 aliphatic rings. The average Bonchev–Trinajstić information content (AvgIpc) is 3.02. The molecule has 2 N–H and O–H groups in total. The summed E-state index contributed by atoms with van der Waals surface area (Å²) in [6.07, 6.45) is 1.63. The van der Waals surface area contributed by atoms with Crippen LogP contribution in [-0.4, -0.2) is 27.7 Å². The van der Waals surface area contributed by atoms with Crippen LogP contribution < -0.4 is 10.6 Å². The maximum atomic E-state index is 11.2. The van der Waals surface area contributed by atoms with Crippen molar-refractivity contribution in [2.24, 2.45) is 0 Å². The van der Waals surface area contributed by atoms with E-state index in [9.17, 15) is 4.79 Å². The number of aromatic nitrogens is 3. The molecule has 0 aliphatic heterocycles. The highest BCUT2D eigenvalue weighted by atomic mass is 16.4. The lowest BCUT2D eigenvalue weighted by molar-refractivity contribution is 0.254. The van der Waals surface area contributed by atoms with Crippen LogP contribution in [0, 0.1) is 6.92 Å². The maximum Gasteiger partial charge on any atom is 0.318 e. The Labute approximate surface area is 114 Å². The molecular formula is C13H13N5O2. The zero-order chi connectivity index (χ0) is 14.1. The minimum Gasteiger partial charge on any atom is -0.417 e. The molecule has 0 unspecified atom stereocenters. The molecule has 0 aliphatic carbocycles. The average molecular weight is 271 g/mol. The zero-order valence-electron chi connectivity index (χ0n) is 11.0. The molecule has 0 spiro atoms. The monoisotopic (exact) mass is 271 g/mol. The number of hydrogen-bond donors (Lipinski definition) is 2. The minimum atomic E-state index is -0.259. The standard InChI is InChI=1S/C13H13N5O2/c1-8-15-7-11-18(8)17-12(20-11)9-3-5-10(6-4-9)16-13(19)14-2/h3-7H,1-2H3,(H2,14,16,19). The van der Waals surface area contributed by atoms with Gasteiger partial charge >= 0.3 is 6.03 Å². The second-order valence-electron chi connectivity index (χ2n) is 4.24. The highest BCUT2D eigenvalue weighted by Gasteiger charge is 2.10. The van der Waals surface area contributed by atoms with Crippen LogP contribution in [0.2, 0.25) is 0 Å². The van der Waals surface area contributed by atoms with E-state index in [0.29, 0.717) is 17.3 Å².